The summed E-state index contributed by atoms with van der Waals surface area (Å²) >= 11 is 2.47. The number of thiazole rings is 1. The molecule has 15 nitrogen and oxygen atoms in total. The van der Waals surface area contributed by atoms with Gasteiger partial charge in [0.15, 0.2) is 16.9 Å². The van der Waals surface area contributed by atoms with Gasteiger partial charge >= 0.3 is 11.9 Å². The Morgan fingerprint density at radius 1 is 0.831 bits per heavy atom. The van der Waals surface area contributed by atoms with Gasteiger partial charge in [0.2, 0.25) is 12.5 Å². The summed E-state index contributed by atoms with van der Waals surface area (Å²) < 4.78 is 6.40. The molecule has 0 bridgehead atoms. The van der Waals surface area contributed by atoms with E-state index < -0.39 is 63.8 Å². The second kappa shape index (κ2) is 21.1. The quantitative estimate of drug-likeness (QED) is 0.0185. The zero-order valence-corrected chi connectivity index (χ0v) is 39.3. The largest absolute Gasteiger partial charge is 0.479 e. The maximum absolute atomic E-state index is 14.7. The molecule has 3 N–H and O–H groups in total. The topological polar surface area (TPSA) is 203 Å². The average molecular weight is 985 g/mol. The van der Waals surface area contributed by atoms with Crippen LogP contribution in [-0.2, 0) is 34.3 Å². The number of thioether (sulfide) groups is 1. The molecule has 2 unspecified atom stereocenters. The predicted molar refractivity (Wildman–Crippen MR) is 270 cm³/mol. The second-order valence-corrected chi connectivity index (χ2v) is 18.6. The first-order chi connectivity index (χ1) is 34.5. The van der Waals surface area contributed by atoms with Gasteiger partial charge in [-0.1, -0.05) is 169 Å². The molecule has 356 valence electrons. The van der Waals surface area contributed by atoms with Crippen molar-refractivity contribution in [2.24, 2.45) is 10.6 Å². The van der Waals surface area contributed by atoms with E-state index in [4.69, 9.17) is 14.6 Å². The number of nitro groups is 1. The number of non-ortho nitro benzene ring substituents is 1. The summed E-state index contributed by atoms with van der Waals surface area (Å²) in [5.74, 6) is -3.12. The predicted octanol–water partition coefficient (Wildman–Crippen LogP) is 8.69. The number of nitrogens with one attached hydrogen (secondary N) is 2. The van der Waals surface area contributed by atoms with E-state index in [9.17, 15) is 34.4 Å². The summed E-state index contributed by atoms with van der Waals surface area (Å²) in [6, 6.07) is 53.0. The van der Waals surface area contributed by atoms with Crippen LogP contribution in [0.3, 0.4) is 0 Å². The third-order valence-corrected chi connectivity index (χ3v) is 14.5. The number of ether oxygens (including phenoxy) is 1. The number of rotatable bonds is 18. The maximum Gasteiger partial charge on any atom is 0.344 e. The molecule has 2 amide bonds. The molecule has 1 aromatic heterocycles. The minimum atomic E-state index is -1.40. The second-order valence-electron chi connectivity index (χ2n) is 16.7. The number of anilines is 1. The van der Waals surface area contributed by atoms with Crippen LogP contribution in [0.2, 0.25) is 0 Å². The van der Waals surface area contributed by atoms with Gasteiger partial charge in [0.05, 0.1) is 4.92 Å². The summed E-state index contributed by atoms with van der Waals surface area (Å²) in [6.45, 7) is -0.953. The Hall–Kier alpha value is -8.41. The first kappa shape index (κ1) is 47.6. The highest BCUT2D eigenvalue weighted by Crippen LogP contribution is 2.45. The highest BCUT2D eigenvalue weighted by atomic mass is 32.2. The fourth-order valence-electron chi connectivity index (χ4n) is 8.61. The zero-order chi connectivity index (χ0) is 49.4. The first-order valence-electron chi connectivity index (χ1n) is 22.3. The van der Waals surface area contributed by atoms with Crippen LogP contribution in [0.5, 0.6) is 0 Å². The highest BCUT2D eigenvalue weighted by Gasteiger charge is 2.57. The lowest BCUT2D eigenvalue weighted by Crippen LogP contribution is -2.74. The van der Waals surface area contributed by atoms with Crippen molar-refractivity contribution in [2.45, 2.75) is 23.1 Å². The van der Waals surface area contributed by atoms with Gasteiger partial charge in [-0.15, -0.1) is 23.1 Å². The van der Waals surface area contributed by atoms with Crippen molar-refractivity contribution in [2.75, 3.05) is 24.2 Å². The van der Waals surface area contributed by atoms with E-state index in [0.29, 0.717) is 10.7 Å². The number of fused-ring (bicyclic) bond motifs is 1. The average Bonchev–Trinajstić information content (AvgIpc) is 3.88. The number of carbonyl (C=O) groups is 4. The number of esters is 1. The molecular formula is C54H44N6O9S2. The summed E-state index contributed by atoms with van der Waals surface area (Å²) in [6.07, 6.45) is 2.56. The van der Waals surface area contributed by atoms with E-state index in [2.05, 4.69) is 15.8 Å². The van der Waals surface area contributed by atoms with Gasteiger partial charge in [-0.3, -0.25) is 24.5 Å². The van der Waals surface area contributed by atoms with Gasteiger partial charge in [-0.2, -0.15) is 0 Å². The van der Waals surface area contributed by atoms with Crippen molar-refractivity contribution < 1.29 is 38.8 Å². The lowest BCUT2D eigenvalue weighted by atomic mass is 9.77. The number of hydrogen-bond acceptors (Lipinski definition) is 13. The van der Waals surface area contributed by atoms with Crippen LogP contribution in [0.25, 0.3) is 6.08 Å². The summed E-state index contributed by atoms with van der Waals surface area (Å²) in [5, 5.41) is 32.5. The minimum absolute atomic E-state index is 0.0629. The van der Waals surface area contributed by atoms with Gasteiger partial charge in [0, 0.05) is 29.8 Å². The number of carboxylic acids is 1. The van der Waals surface area contributed by atoms with Crippen molar-refractivity contribution in [1.29, 1.82) is 0 Å². The molecule has 2 aliphatic heterocycles. The fraction of sp³-hybridized carbons (Fsp3) is 0.148. The van der Waals surface area contributed by atoms with Crippen molar-refractivity contribution in [1.82, 2.24) is 15.2 Å². The maximum atomic E-state index is 14.7. The van der Waals surface area contributed by atoms with Gasteiger partial charge < -0.3 is 30.2 Å². The molecule has 7 aromatic rings. The van der Waals surface area contributed by atoms with Crippen LogP contribution in [0, 0.1) is 15.5 Å². The first-order valence-corrected chi connectivity index (χ1v) is 24.3. The Kier molecular flexibility index (Phi) is 14.1. The van der Waals surface area contributed by atoms with Crippen LogP contribution in [-0.4, -0.2) is 79.7 Å². The third kappa shape index (κ3) is 10.2. The normalized spacial score (nSPS) is 17.7. The molecule has 3 heterocycles. The number of benzene rings is 6. The number of carbonyl (C=O) groups excluding carboxylic acids is 3. The number of hydrogen-bond donors (Lipinski definition) is 3. The van der Waals surface area contributed by atoms with Crippen LogP contribution in [0.1, 0.15) is 45.2 Å². The molecule has 2 aliphatic rings. The Labute approximate surface area is 416 Å². The Morgan fingerprint density at radius 2 is 1.37 bits per heavy atom. The molecule has 0 radical (unpaired) electrons. The standard InChI is InChI=1S/C54H44N6O9S2/c61-44(62)32-68-58-45(43-33-70-52(55-43)57-54(39-20-10-3-11-21-39,40-22-12-4-13-23-40)41-24-14-5-15-25-41)48(63)56-46-49(64)59-34-53(35-71-50(46)59,31-30-36-26-28-42(29-27-36)60(66)67)51(65)69-47(37-16-6-1-7-17-37)38-18-8-2-9-19-38/h1-31,33,46-47,50H,32,34-35H2,(H,55,57)(H,56,63)(H,61,62)/t46?,50-,53?/m1/s1. The molecule has 17 heteroatoms. The number of carboxylic acid groups (broad SMARTS) is 1. The minimum Gasteiger partial charge on any atom is -0.479 e. The van der Waals surface area contributed by atoms with Gasteiger partial charge in [-0.05, 0) is 45.5 Å². The van der Waals surface area contributed by atoms with Crippen LogP contribution < -0.4 is 10.6 Å². The van der Waals surface area contributed by atoms with E-state index in [1.54, 1.807) is 29.7 Å². The highest BCUT2D eigenvalue weighted by molar-refractivity contribution is 8.00. The van der Waals surface area contributed by atoms with E-state index in [0.717, 1.165) is 27.8 Å². The van der Waals surface area contributed by atoms with Gasteiger partial charge in [0.1, 0.15) is 28.1 Å². The van der Waals surface area contributed by atoms with E-state index in [1.807, 2.05) is 152 Å². The van der Waals surface area contributed by atoms with Gasteiger partial charge in [-0.25, -0.2) is 9.78 Å². The van der Waals surface area contributed by atoms with Crippen LogP contribution in [0.15, 0.2) is 193 Å². The number of nitro benzene ring substituents is 1. The fourth-order valence-corrected chi connectivity index (χ4v) is 10.9. The molecule has 71 heavy (non-hydrogen) atoms. The van der Waals surface area contributed by atoms with Crippen molar-refractivity contribution in [3.05, 3.63) is 237 Å². The Morgan fingerprint density at radius 3 is 1.89 bits per heavy atom. The Balaban J connectivity index is 0.984. The molecule has 6 aromatic carbocycles. The molecule has 2 fully saturated rings. The van der Waals surface area contributed by atoms with E-state index in [-0.39, 0.29) is 29.4 Å². The SMILES string of the molecule is O=C(O)CON=C(C(=O)NC1C(=O)N2CC(C=Cc3ccc([N+](=O)[O-])cc3)(C(=O)OC(c3ccccc3)c3ccccc3)CS[C@H]12)c1csc(NC(c2ccccc2)(c2ccccc2)c2ccccc2)n1. The summed E-state index contributed by atoms with van der Waals surface area (Å²) in [4.78, 5) is 77.1. The molecule has 0 spiro atoms. The smallest absolute Gasteiger partial charge is 0.344 e. The number of aliphatic carboxylic acids is 1. The van der Waals surface area contributed by atoms with Crippen LogP contribution >= 0.6 is 23.1 Å². The van der Waals surface area contributed by atoms with Crippen molar-refractivity contribution in [3.8, 4) is 0 Å². The van der Waals surface area contributed by atoms with Crippen molar-refractivity contribution in [3.63, 3.8) is 0 Å². The molecule has 0 saturated carbocycles. The number of oxime groups is 1. The van der Waals surface area contributed by atoms with E-state index >= 15 is 0 Å². The van der Waals surface area contributed by atoms with Gasteiger partial charge in [0.25, 0.3) is 11.6 Å². The molecular weight excluding hydrogens is 941 g/mol. The van der Waals surface area contributed by atoms with Crippen LogP contribution in [0.4, 0.5) is 10.8 Å². The number of amides is 2. The number of aromatic nitrogens is 1. The van der Waals surface area contributed by atoms with E-state index in [1.165, 1.54) is 40.1 Å². The third-order valence-electron chi connectivity index (χ3n) is 12.1. The lowest BCUT2D eigenvalue weighted by molar-refractivity contribution is -0.384. The lowest BCUT2D eigenvalue weighted by Gasteiger charge is -2.53. The molecule has 0 aliphatic carbocycles. The summed E-state index contributed by atoms with van der Waals surface area (Å²) in [7, 11) is 0. The molecule has 9 rings (SSSR count). The monoisotopic (exact) mass is 984 g/mol. The molecule has 2 saturated heterocycles. The molecule has 3 atom stereocenters. The summed E-state index contributed by atoms with van der Waals surface area (Å²) in [5.41, 5.74) is 2.05. The van der Waals surface area contributed by atoms with Crippen molar-refractivity contribution >= 4 is 69.5 Å². The number of β-lactam (4-membered cyclic amide) rings is 1. The number of nitrogens with zero attached hydrogens (tertiary/aromatic N) is 4. The zero-order valence-electron chi connectivity index (χ0n) is 37.6. The Bertz CT molecular complexity index is 2950.